The molecule has 0 heterocycles. The zero-order chi connectivity index (χ0) is 15.8. The van der Waals surface area contributed by atoms with Crippen LogP contribution in [-0.4, -0.2) is 18.6 Å². The number of nitrogens with one attached hydrogen (secondary N) is 2. The summed E-state index contributed by atoms with van der Waals surface area (Å²) in [5.41, 5.74) is 7.19. The molecule has 1 aromatic rings. The number of hydrogen-bond acceptors (Lipinski definition) is 3. The van der Waals surface area contributed by atoms with Crippen LogP contribution < -0.4 is 16.4 Å². The molecule has 118 valence electrons. The maximum Gasteiger partial charge on any atom is 0.223 e. The Morgan fingerprint density at radius 2 is 2.14 bits per heavy atom. The number of rotatable bonds is 8. The first-order valence-electron chi connectivity index (χ1n) is 7.48. The van der Waals surface area contributed by atoms with Gasteiger partial charge in [0.05, 0.1) is 18.6 Å². The minimum Gasteiger partial charge on any atom is -0.349 e. The molecule has 0 spiro atoms. The molecule has 1 amide bonds. The Labute approximate surface area is 126 Å². The third-order valence-corrected chi connectivity index (χ3v) is 3.42. The molecule has 4 nitrogen and oxygen atoms in total. The topological polar surface area (TPSA) is 67.1 Å². The normalized spacial score (nSPS) is 13.8. The fourth-order valence-corrected chi connectivity index (χ4v) is 2.00. The van der Waals surface area contributed by atoms with Gasteiger partial charge in [-0.3, -0.25) is 4.79 Å². The zero-order valence-electron chi connectivity index (χ0n) is 13.1. The van der Waals surface area contributed by atoms with Gasteiger partial charge in [-0.05, 0) is 44.0 Å². The SMILES string of the molecule is CCCCNC(N)CC(=O)N[C@@H](C)c1ccc(C)c(F)c1. The molecule has 0 aliphatic carbocycles. The molecule has 0 saturated heterocycles. The summed E-state index contributed by atoms with van der Waals surface area (Å²) in [4.78, 5) is 11.9. The average Bonchev–Trinajstić information content (AvgIpc) is 2.41. The van der Waals surface area contributed by atoms with Gasteiger partial charge in [0.1, 0.15) is 5.82 Å². The summed E-state index contributed by atoms with van der Waals surface area (Å²) in [7, 11) is 0. The van der Waals surface area contributed by atoms with Gasteiger partial charge in [-0.25, -0.2) is 4.39 Å². The van der Waals surface area contributed by atoms with Gasteiger partial charge < -0.3 is 16.4 Å². The second-order valence-electron chi connectivity index (χ2n) is 5.42. The van der Waals surface area contributed by atoms with Gasteiger partial charge in [0, 0.05) is 0 Å². The van der Waals surface area contributed by atoms with Gasteiger partial charge in [0.25, 0.3) is 0 Å². The Morgan fingerprint density at radius 3 is 2.76 bits per heavy atom. The number of unbranched alkanes of at least 4 members (excludes halogenated alkanes) is 1. The third kappa shape index (κ3) is 6.23. The monoisotopic (exact) mass is 295 g/mol. The van der Waals surface area contributed by atoms with E-state index in [0.29, 0.717) is 5.56 Å². The summed E-state index contributed by atoms with van der Waals surface area (Å²) in [6.07, 6.45) is 1.98. The summed E-state index contributed by atoms with van der Waals surface area (Å²) in [6, 6.07) is 4.75. The Hall–Kier alpha value is -1.46. The molecule has 21 heavy (non-hydrogen) atoms. The van der Waals surface area contributed by atoms with Crippen molar-refractivity contribution in [1.82, 2.24) is 10.6 Å². The highest BCUT2D eigenvalue weighted by Crippen LogP contribution is 2.16. The van der Waals surface area contributed by atoms with Gasteiger partial charge in [-0.15, -0.1) is 0 Å². The minimum absolute atomic E-state index is 0.139. The van der Waals surface area contributed by atoms with E-state index in [0.717, 1.165) is 24.9 Å². The second kappa shape index (κ2) is 8.74. The molecule has 1 rings (SSSR count). The van der Waals surface area contributed by atoms with Crippen LogP contribution in [0.3, 0.4) is 0 Å². The summed E-state index contributed by atoms with van der Waals surface area (Å²) < 4.78 is 13.5. The average molecular weight is 295 g/mol. The highest BCUT2D eigenvalue weighted by atomic mass is 19.1. The number of benzene rings is 1. The molecule has 0 aliphatic rings. The van der Waals surface area contributed by atoms with Crippen LogP contribution in [0, 0.1) is 12.7 Å². The third-order valence-electron chi connectivity index (χ3n) is 3.42. The molecule has 0 aliphatic heterocycles. The standard InChI is InChI=1S/C16H26FN3O/c1-4-5-8-19-15(18)10-16(21)20-12(3)13-7-6-11(2)14(17)9-13/h6-7,9,12,15,19H,4-5,8,10,18H2,1-3H3,(H,20,21)/t12-,15?/m0/s1. The number of aryl methyl sites for hydroxylation is 1. The summed E-state index contributed by atoms with van der Waals surface area (Å²) in [6.45, 7) is 6.45. The van der Waals surface area contributed by atoms with Crippen LogP contribution in [0.5, 0.6) is 0 Å². The van der Waals surface area contributed by atoms with E-state index in [1.54, 1.807) is 13.0 Å². The van der Waals surface area contributed by atoms with Gasteiger partial charge in [-0.1, -0.05) is 25.5 Å². The maximum absolute atomic E-state index is 13.5. The first-order valence-corrected chi connectivity index (χ1v) is 7.48. The molecule has 5 heteroatoms. The molecule has 2 atom stereocenters. The fourth-order valence-electron chi connectivity index (χ4n) is 2.00. The maximum atomic E-state index is 13.5. The number of carbonyl (C=O) groups excluding carboxylic acids is 1. The van der Waals surface area contributed by atoms with Crippen LogP contribution in [0.25, 0.3) is 0 Å². The van der Waals surface area contributed by atoms with Crippen LogP contribution in [0.1, 0.15) is 50.3 Å². The predicted molar refractivity (Wildman–Crippen MR) is 83.2 cm³/mol. The van der Waals surface area contributed by atoms with E-state index in [4.69, 9.17) is 5.73 Å². The van der Waals surface area contributed by atoms with Crippen molar-refractivity contribution in [3.05, 3.63) is 35.1 Å². The van der Waals surface area contributed by atoms with Gasteiger partial charge in [0.2, 0.25) is 5.91 Å². The number of nitrogens with two attached hydrogens (primary N) is 1. The molecule has 0 aromatic heterocycles. The predicted octanol–water partition coefficient (Wildman–Crippen LogP) is 2.38. The summed E-state index contributed by atoms with van der Waals surface area (Å²) in [5.74, 6) is -0.397. The lowest BCUT2D eigenvalue weighted by molar-refractivity contribution is -0.122. The quantitative estimate of drug-likeness (QED) is 0.509. The van der Waals surface area contributed by atoms with Crippen molar-refractivity contribution in [1.29, 1.82) is 0 Å². The molecule has 4 N–H and O–H groups in total. The van der Waals surface area contributed by atoms with Gasteiger partial charge in [0.15, 0.2) is 0 Å². The highest BCUT2D eigenvalue weighted by Gasteiger charge is 2.13. The van der Waals surface area contributed by atoms with Crippen LogP contribution in [0.4, 0.5) is 4.39 Å². The Bertz CT molecular complexity index is 465. The second-order valence-corrected chi connectivity index (χ2v) is 5.42. The lowest BCUT2D eigenvalue weighted by Crippen LogP contribution is -2.42. The van der Waals surface area contributed by atoms with Crippen molar-refractivity contribution in [3.8, 4) is 0 Å². The van der Waals surface area contributed by atoms with Crippen molar-refractivity contribution in [3.63, 3.8) is 0 Å². The van der Waals surface area contributed by atoms with E-state index in [1.165, 1.54) is 6.07 Å². The van der Waals surface area contributed by atoms with Crippen molar-refractivity contribution in [2.45, 2.75) is 52.2 Å². The molecule has 0 radical (unpaired) electrons. The zero-order valence-corrected chi connectivity index (χ0v) is 13.1. The molecular weight excluding hydrogens is 269 g/mol. The van der Waals surface area contributed by atoms with Crippen LogP contribution >= 0.6 is 0 Å². The van der Waals surface area contributed by atoms with Crippen LogP contribution in [0.15, 0.2) is 18.2 Å². The summed E-state index contributed by atoms with van der Waals surface area (Å²) in [5, 5.41) is 5.94. The number of hydrogen-bond donors (Lipinski definition) is 3. The van der Waals surface area contributed by atoms with Crippen LogP contribution in [0.2, 0.25) is 0 Å². The molecule has 0 bridgehead atoms. The molecule has 0 saturated carbocycles. The smallest absolute Gasteiger partial charge is 0.223 e. The van der Waals surface area contributed by atoms with Crippen LogP contribution in [-0.2, 0) is 4.79 Å². The lowest BCUT2D eigenvalue weighted by atomic mass is 10.1. The Balaban J connectivity index is 2.44. The van der Waals surface area contributed by atoms with E-state index < -0.39 is 0 Å². The van der Waals surface area contributed by atoms with E-state index in [-0.39, 0.29) is 30.4 Å². The van der Waals surface area contributed by atoms with E-state index >= 15 is 0 Å². The first kappa shape index (κ1) is 17.6. The number of amides is 1. The molecule has 0 fully saturated rings. The van der Waals surface area contributed by atoms with Crippen molar-refractivity contribution in [2.75, 3.05) is 6.54 Å². The lowest BCUT2D eigenvalue weighted by Gasteiger charge is -2.18. The number of carbonyl (C=O) groups is 1. The van der Waals surface area contributed by atoms with Crippen molar-refractivity contribution >= 4 is 5.91 Å². The molecule has 1 aromatic carbocycles. The van der Waals surface area contributed by atoms with E-state index in [9.17, 15) is 9.18 Å². The van der Waals surface area contributed by atoms with Gasteiger partial charge in [-0.2, -0.15) is 0 Å². The largest absolute Gasteiger partial charge is 0.349 e. The minimum atomic E-state index is -0.349. The number of halogens is 1. The highest BCUT2D eigenvalue weighted by molar-refractivity contribution is 5.77. The van der Waals surface area contributed by atoms with Crippen molar-refractivity contribution in [2.24, 2.45) is 5.73 Å². The molecule has 1 unspecified atom stereocenters. The van der Waals surface area contributed by atoms with Gasteiger partial charge >= 0.3 is 0 Å². The van der Waals surface area contributed by atoms with E-state index in [2.05, 4.69) is 17.6 Å². The Morgan fingerprint density at radius 1 is 1.43 bits per heavy atom. The molecular formula is C16H26FN3O. The van der Waals surface area contributed by atoms with Crippen molar-refractivity contribution < 1.29 is 9.18 Å². The summed E-state index contributed by atoms with van der Waals surface area (Å²) >= 11 is 0. The Kier molecular flexibility index (Phi) is 7.32. The fraction of sp³-hybridized carbons (Fsp3) is 0.562. The van der Waals surface area contributed by atoms with E-state index in [1.807, 2.05) is 13.0 Å². The first-order chi connectivity index (χ1) is 9.93.